The van der Waals surface area contributed by atoms with Gasteiger partial charge in [-0.25, -0.2) is 13.8 Å². The van der Waals surface area contributed by atoms with Crippen LogP contribution in [0.15, 0.2) is 42.6 Å². The molecular weight excluding hydrogens is 450 g/mol. The molecule has 0 aliphatic heterocycles. The number of rotatable bonds is 4. The van der Waals surface area contributed by atoms with Gasteiger partial charge in [0.1, 0.15) is 17.7 Å². The maximum Gasteiger partial charge on any atom is 0.419 e. The predicted octanol–water partition coefficient (Wildman–Crippen LogP) is 7.07. The SMILES string of the molecule is CC(Oc1cc(-c2ccc(F)c(C(F)(F)F)c2)cnc1N)c1c(Cl)ccc(F)c1Cl. The number of ether oxygens (including phenoxy) is 1. The van der Waals surface area contributed by atoms with Crippen LogP contribution in [0, 0.1) is 11.6 Å². The minimum absolute atomic E-state index is 0.00859. The molecular formula is C20H13Cl2F5N2O. The third kappa shape index (κ3) is 4.44. The Hall–Kier alpha value is -2.58. The first-order chi connectivity index (χ1) is 14.0. The van der Waals surface area contributed by atoms with Gasteiger partial charge in [-0.1, -0.05) is 29.3 Å². The van der Waals surface area contributed by atoms with Crippen LogP contribution in [-0.4, -0.2) is 4.98 Å². The van der Waals surface area contributed by atoms with Crippen LogP contribution in [0.4, 0.5) is 27.8 Å². The van der Waals surface area contributed by atoms with Crippen LogP contribution >= 0.6 is 23.2 Å². The maximum atomic E-state index is 13.8. The Morgan fingerprint density at radius 3 is 2.33 bits per heavy atom. The van der Waals surface area contributed by atoms with E-state index in [1.54, 1.807) is 0 Å². The molecule has 3 nitrogen and oxygen atoms in total. The van der Waals surface area contributed by atoms with Crippen molar-refractivity contribution < 1.29 is 26.7 Å². The molecule has 0 bridgehead atoms. The molecule has 1 aromatic heterocycles. The fourth-order valence-corrected chi connectivity index (χ4v) is 3.47. The quantitative estimate of drug-likeness (QED) is 0.333. The van der Waals surface area contributed by atoms with Crippen LogP contribution in [0.25, 0.3) is 11.1 Å². The van der Waals surface area contributed by atoms with Gasteiger partial charge in [0.05, 0.1) is 10.6 Å². The van der Waals surface area contributed by atoms with Gasteiger partial charge in [-0.2, -0.15) is 13.2 Å². The van der Waals surface area contributed by atoms with E-state index >= 15 is 0 Å². The van der Waals surface area contributed by atoms with E-state index in [0.29, 0.717) is 12.1 Å². The van der Waals surface area contributed by atoms with E-state index in [2.05, 4.69) is 4.98 Å². The molecule has 0 aliphatic rings. The van der Waals surface area contributed by atoms with Crippen LogP contribution in [-0.2, 0) is 6.18 Å². The van der Waals surface area contributed by atoms with Gasteiger partial charge in [0.15, 0.2) is 11.6 Å². The molecule has 0 radical (unpaired) electrons. The summed E-state index contributed by atoms with van der Waals surface area (Å²) in [6.07, 6.45) is -4.50. The first-order valence-corrected chi connectivity index (χ1v) is 9.17. The van der Waals surface area contributed by atoms with Crippen molar-refractivity contribution >= 4 is 29.0 Å². The Labute approximate surface area is 178 Å². The molecule has 0 saturated heterocycles. The Balaban J connectivity index is 1.98. The average Bonchev–Trinajstić information content (AvgIpc) is 2.66. The molecule has 10 heteroatoms. The zero-order valence-electron chi connectivity index (χ0n) is 15.2. The number of nitrogens with two attached hydrogens (primary N) is 1. The highest BCUT2D eigenvalue weighted by atomic mass is 35.5. The normalized spacial score (nSPS) is 12.7. The lowest BCUT2D eigenvalue weighted by Crippen LogP contribution is -2.09. The van der Waals surface area contributed by atoms with Crippen molar-refractivity contribution in [1.82, 2.24) is 4.98 Å². The third-order valence-electron chi connectivity index (χ3n) is 4.28. The van der Waals surface area contributed by atoms with Gasteiger partial charge in [-0.15, -0.1) is 0 Å². The number of hydrogen-bond acceptors (Lipinski definition) is 3. The third-order valence-corrected chi connectivity index (χ3v) is 4.99. The monoisotopic (exact) mass is 462 g/mol. The van der Waals surface area contributed by atoms with Gasteiger partial charge in [0.25, 0.3) is 0 Å². The molecule has 1 atom stereocenters. The van der Waals surface area contributed by atoms with Gasteiger partial charge in [0, 0.05) is 22.3 Å². The summed E-state index contributed by atoms with van der Waals surface area (Å²) in [5, 5.41) is -0.0732. The van der Waals surface area contributed by atoms with Crippen molar-refractivity contribution in [2.45, 2.75) is 19.2 Å². The number of nitrogens with zero attached hydrogens (tertiary/aromatic N) is 1. The second-order valence-electron chi connectivity index (χ2n) is 6.32. The zero-order chi connectivity index (χ0) is 22.2. The number of hydrogen-bond donors (Lipinski definition) is 1. The van der Waals surface area contributed by atoms with E-state index in [9.17, 15) is 22.0 Å². The predicted molar refractivity (Wildman–Crippen MR) is 105 cm³/mol. The molecule has 2 N–H and O–H groups in total. The number of benzene rings is 2. The summed E-state index contributed by atoms with van der Waals surface area (Å²) in [6, 6.07) is 6.30. The van der Waals surface area contributed by atoms with Gasteiger partial charge in [0.2, 0.25) is 0 Å². The lowest BCUT2D eigenvalue weighted by molar-refractivity contribution is -0.139. The van der Waals surface area contributed by atoms with Crippen molar-refractivity contribution in [3.05, 3.63) is 75.4 Å². The van der Waals surface area contributed by atoms with E-state index in [1.165, 1.54) is 31.3 Å². The zero-order valence-corrected chi connectivity index (χ0v) is 16.7. The summed E-state index contributed by atoms with van der Waals surface area (Å²) in [7, 11) is 0. The van der Waals surface area contributed by atoms with Crippen LogP contribution < -0.4 is 10.5 Å². The maximum absolute atomic E-state index is 13.8. The molecule has 158 valence electrons. The highest BCUT2D eigenvalue weighted by Gasteiger charge is 2.34. The molecule has 30 heavy (non-hydrogen) atoms. The molecule has 1 heterocycles. The number of nitrogen functional groups attached to an aromatic ring is 1. The molecule has 0 aliphatic carbocycles. The van der Waals surface area contributed by atoms with E-state index in [-0.39, 0.29) is 38.3 Å². The first-order valence-electron chi connectivity index (χ1n) is 8.41. The summed E-state index contributed by atoms with van der Waals surface area (Å²) < 4.78 is 72.1. The second kappa shape index (κ2) is 8.28. The molecule has 2 aromatic carbocycles. The Kier molecular flexibility index (Phi) is 6.10. The lowest BCUT2D eigenvalue weighted by atomic mass is 10.0. The summed E-state index contributed by atoms with van der Waals surface area (Å²) >= 11 is 12.1. The van der Waals surface area contributed by atoms with Crippen molar-refractivity contribution in [2.24, 2.45) is 0 Å². The van der Waals surface area contributed by atoms with Gasteiger partial charge >= 0.3 is 6.18 Å². The number of alkyl halides is 3. The Bertz CT molecular complexity index is 1110. The summed E-state index contributed by atoms with van der Waals surface area (Å²) in [6.45, 7) is 1.54. The number of anilines is 1. The lowest BCUT2D eigenvalue weighted by Gasteiger charge is -2.19. The van der Waals surface area contributed by atoms with E-state index in [1.807, 2.05) is 0 Å². The molecule has 0 saturated carbocycles. The van der Waals surface area contributed by atoms with Crippen LogP contribution in [0.5, 0.6) is 5.75 Å². The van der Waals surface area contributed by atoms with Crippen molar-refractivity contribution in [3.8, 4) is 16.9 Å². The minimum Gasteiger partial charge on any atom is -0.482 e. The van der Waals surface area contributed by atoms with E-state index in [0.717, 1.165) is 6.07 Å². The second-order valence-corrected chi connectivity index (χ2v) is 7.10. The van der Waals surface area contributed by atoms with E-state index < -0.39 is 29.5 Å². The van der Waals surface area contributed by atoms with Gasteiger partial charge < -0.3 is 10.5 Å². The van der Waals surface area contributed by atoms with Crippen molar-refractivity contribution in [1.29, 1.82) is 0 Å². The Morgan fingerprint density at radius 2 is 1.67 bits per heavy atom. The van der Waals surface area contributed by atoms with Crippen LogP contribution in [0.2, 0.25) is 10.0 Å². The highest BCUT2D eigenvalue weighted by molar-refractivity contribution is 6.36. The number of halogens is 7. The first kappa shape index (κ1) is 22.1. The molecule has 0 spiro atoms. The summed E-state index contributed by atoms with van der Waals surface area (Å²) in [4.78, 5) is 3.92. The van der Waals surface area contributed by atoms with Gasteiger partial charge in [-0.05, 0) is 42.8 Å². The molecule has 0 fully saturated rings. The Morgan fingerprint density at radius 1 is 1.00 bits per heavy atom. The minimum atomic E-state index is -4.86. The van der Waals surface area contributed by atoms with Crippen molar-refractivity contribution in [2.75, 3.05) is 5.73 Å². The fourth-order valence-electron chi connectivity index (χ4n) is 2.79. The molecule has 3 aromatic rings. The number of aromatic nitrogens is 1. The average molecular weight is 463 g/mol. The standard InChI is InChI=1S/C20H13Cl2F5N2O/c1-9(17-13(21)3-5-15(24)18(17)22)30-16-7-11(8-29-19(16)28)10-2-4-14(23)12(6-10)20(25,26)27/h2-9H,1H3,(H2,28,29). The molecule has 3 rings (SSSR count). The summed E-state index contributed by atoms with van der Waals surface area (Å²) in [5.41, 5.74) is 4.82. The van der Waals surface area contributed by atoms with Gasteiger partial charge in [-0.3, -0.25) is 0 Å². The smallest absolute Gasteiger partial charge is 0.419 e. The summed E-state index contributed by atoms with van der Waals surface area (Å²) in [5.74, 6) is -2.14. The largest absolute Gasteiger partial charge is 0.482 e. The highest BCUT2D eigenvalue weighted by Crippen LogP contribution is 2.38. The van der Waals surface area contributed by atoms with Crippen molar-refractivity contribution in [3.63, 3.8) is 0 Å². The van der Waals surface area contributed by atoms with Crippen LogP contribution in [0.3, 0.4) is 0 Å². The van der Waals surface area contributed by atoms with E-state index in [4.69, 9.17) is 33.7 Å². The fraction of sp³-hybridized carbons (Fsp3) is 0.150. The molecule has 1 unspecified atom stereocenters. The topological polar surface area (TPSA) is 48.1 Å². The number of pyridine rings is 1. The van der Waals surface area contributed by atoms with Crippen LogP contribution in [0.1, 0.15) is 24.2 Å². The molecule has 0 amide bonds.